The predicted octanol–water partition coefficient (Wildman–Crippen LogP) is 2.15. The van der Waals surface area contributed by atoms with Gasteiger partial charge in [-0.3, -0.25) is 9.78 Å². The molecule has 0 aliphatic heterocycles. The number of hydrogen-bond acceptors (Lipinski definition) is 4. The van der Waals surface area contributed by atoms with Crippen molar-refractivity contribution in [2.45, 2.75) is 46.1 Å². The van der Waals surface area contributed by atoms with E-state index in [2.05, 4.69) is 15.3 Å². The van der Waals surface area contributed by atoms with Gasteiger partial charge in [0.05, 0.1) is 23.0 Å². The molecule has 1 fully saturated rings. The van der Waals surface area contributed by atoms with E-state index in [-0.39, 0.29) is 6.04 Å². The number of nitrogens with zero attached hydrogens (tertiary/aromatic N) is 2. The van der Waals surface area contributed by atoms with Gasteiger partial charge in [0, 0.05) is 6.04 Å². The topological polar surface area (TPSA) is 75.1 Å². The van der Waals surface area contributed by atoms with Gasteiger partial charge >= 0.3 is 5.97 Å². The van der Waals surface area contributed by atoms with Crippen LogP contribution < -0.4 is 5.32 Å². The van der Waals surface area contributed by atoms with Gasteiger partial charge in [-0.15, -0.1) is 0 Å². The molecule has 2 atom stereocenters. The van der Waals surface area contributed by atoms with Crippen LogP contribution in [-0.2, 0) is 4.79 Å². The van der Waals surface area contributed by atoms with E-state index in [1.54, 1.807) is 13.1 Å². The lowest BCUT2D eigenvalue weighted by atomic mass is 9.85. The van der Waals surface area contributed by atoms with Crippen molar-refractivity contribution in [1.29, 1.82) is 0 Å². The summed E-state index contributed by atoms with van der Waals surface area (Å²) in [5, 5.41) is 12.6. The summed E-state index contributed by atoms with van der Waals surface area (Å²) in [4.78, 5) is 20.0. The van der Waals surface area contributed by atoms with Crippen molar-refractivity contribution < 1.29 is 9.90 Å². The highest BCUT2D eigenvalue weighted by atomic mass is 16.4. The molecule has 1 heterocycles. The first-order chi connectivity index (χ1) is 8.43. The van der Waals surface area contributed by atoms with Crippen LogP contribution in [-0.4, -0.2) is 27.1 Å². The zero-order valence-corrected chi connectivity index (χ0v) is 11.0. The van der Waals surface area contributed by atoms with Gasteiger partial charge in [0.25, 0.3) is 0 Å². The first-order valence-electron chi connectivity index (χ1n) is 6.23. The summed E-state index contributed by atoms with van der Waals surface area (Å²) in [6.45, 7) is 5.61. The van der Waals surface area contributed by atoms with Crippen LogP contribution >= 0.6 is 0 Å². The number of nitrogens with one attached hydrogen (secondary N) is 1. The highest BCUT2D eigenvalue weighted by Gasteiger charge is 2.45. The number of anilines is 1. The van der Waals surface area contributed by atoms with Gasteiger partial charge < -0.3 is 10.4 Å². The molecule has 98 valence electrons. The Hall–Kier alpha value is -1.65. The summed E-state index contributed by atoms with van der Waals surface area (Å²) >= 11 is 0. The summed E-state index contributed by atoms with van der Waals surface area (Å²) in [5.41, 5.74) is 1.06. The van der Waals surface area contributed by atoms with Gasteiger partial charge in [-0.25, -0.2) is 4.98 Å². The average molecular weight is 249 g/mol. The summed E-state index contributed by atoms with van der Waals surface area (Å²) in [7, 11) is 0. The fourth-order valence-corrected chi connectivity index (χ4v) is 2.44. The monoisotopic (exact) mass is 249 g/mol. The highest BCUT2D eigenvalue weighted by molar-refractivity contribution is 5.76. The van der Waals surface area contributed by atoms with E-state index in [0.29, 0.717) is 12.2 Å². The maximum Gasteiger partial charge on any atom is 0.311 e. The summed E-state index contributed by atoms with van der Waals surface area (Å²) in [5.74, 6) is -0.0771. The molecule has 0 bridgehead atoms. The second-order valence-electron chi connectivity index (χ2n) is 5.24. The number of aryl methyl sites for hydroxylation is 2. The molecule has 1 saturated carbocycles. The molecule has 0 saturated heterocycles. The maximum atomic E-state index is 11.4. The smallest absolute Gasteiger partial charge is 0.311 e. The third-order valence-corrected chi connectivity index (χ3v) is 3.96. The van der Waals surface area contributed by atoms with Crippen LogP contribution in [0, 0.1) is 19.3 Å². The number of carboxylic acids is 1. The Morgan fingerprint density at radius 2 is 2.22 bits per heavy atom. The SMILES string of the molecule is Cc1ncc(NC2CCCC2(C)C(=O)O)nc1C. The van der Waals surface area contributed by atoms with E-state index < -0.39 is 11.4 Å². The molecule has 5 nitrogen and oxygen atoms in total. The number of hydrogen-bond donors (Lipinski definition) is 2. The van der Waals surface area contributed by atoms with Crippen molar-refractivity contribution in [2.75, 3.05) is 5.32 Å². The molecule has 0 spiro atoms. The predicted molar refractivity (Wildman–Crippen MR) is 68.5 cm³/mol. The number of aromatic nitrogens is 2. The first-order valence-corrected chi connectivity index (χ1v) is 6.23. The molecule has 5 heteroatoms. The Morgan fingerprint density at radius 3 is 2.83 bits per heavy atom. The Bertz CT molecular complexity index is 475. The van der Waals surface area contributed by atoms with E-state index in [1.165, 1.54) is 0 Å². The van der Waals surface area contributed by atoms with E-state index in [4.69, 9.17) is 0 Å². The normalized spacial score (nSPS) is 27.2. The third kappa shape index (κ3) is 2.17. The molecule has 0 aromatic carbocycles. The molecular weight excluding hydrogens is 230 g/mol. The fourth-order valence-electron chi connectivity index (χ4n) is 2.44. The Kier molecular flexibility index (Phi) is 3.24. The maximum absolute atomic E-state index is 11.4. The third-order valence-electron chi connectivity index (χ3n) is 3.96. The van der Waals surface area contributed by atoms with Crippen molar-refractivity contribution >= 4 is 11.8 Å². The zero-order valence-electron chi connectivity index (χ0n) is 11.0. The molecule has 0 radical (unpaired) electrons. The highest BCUT2D eigenvalue weighted by Crippen LogP contribution is 2.39. The van der Waals surface area contributed by atoms with Gasteiger partial charge in [0.1, 0.15) is 5.82 Å². The molecule has 2 rings (SSSR count). The minimum Gasteiger partial charge on any atom is -0.481 e. The number of carbonyl (C=O) groups is 1. The number of carboxylic acid groups (broad SMARTS) is 1. The van der Waals surface area contributed by atoms with Crippen molar-refractivity contribution in [1.82, 2.24) is 9.97 Å². The quantitative estimate of drug-likeness (QED) is 0.858. The molecule has 0 amide bonds. The van der Waals surface area contributed by atoms with Crippen LogP contribution in [0.25, 0.3) is 0 Å². The van der Waals surface area contributed by atoms with Crippen molar-refractivity contribution in [3.8, 4) is 0 Å². The first kappa shape index (κ1) is 12.8. The van der Waals surface area contributed by atoms with Gasteiger partial charge in [0.2, 0.25) is 0 Å². The van der Waals surface area contributed by atoms with Crippen LogP contribution in [0.1, 0.15) is 37.6 Å². The Labute approximate surface area is 107 Å². The van der Waals surface area contributed by atoms with Crippen LogP contribution in [0.2, 0.25) is 0 Å². The zero-order chi connectivity index (χ0) is 13.3. The molecule has 18 heavy (non-hydrogen) atoms. The van der Waals surface area contributed by atoms with Crippen molar-refractivity contribution in [3.63, 3.8) is 0 Å². The van der Waals surface area contributed by atoms with Crippen LogP contribution in [0.3, 0.4) is 0 Å². The molecule has 1 aromatic rings. The van der Waals surface area contributed by atoms with Crippen LogP contribution in [0.15, 0.2) is 6.20 Å². The van der Waals surface area contributed by atoms with E-state index in [9.17, 15) is 9.90 Å². The summed E-state index contributed by atoms with van der Waals surface area (Å²) in [6, 6.07) is -0.0774. The fraction of sp³-hybridized carbons (Fsp3) is 0.615. The Balaban J connectivity index is 2.18. The van der Waals surface area contributed by atoms with E-state index >= 15 is 0 Å². The molecule has 2 N–H and O–H groups in total. The lowest BCUT2D eigenvalue weighted by Gasteiger charge is -2.28. The van der Waals surface area contributed by atoms with Crippen LogP contribution in [0.4, 0.5) is 5.82 Å². The lowest BCUT2D eigenvalue weighted by molar-refractivity contribution is -0.147. The second kappa shape index (κ2) is 4.55. The van der Waals surface area contributed by atoms with Gasteiger partial charge in [0.15, 0.2) is 0 Å². The van der Waals surface area contributed by atoms with Gasteiger partial charge in [-0.1, -0.05) is 6.42 Å². The summed E-state index contributed by atoms with van der Waals surface area (Å²) < 4.78 is 0. The minimum absolute atomic E-state index is 0.0774. The molecular formula is C13H19N3O2. The summed E-state index contributed by atoms with van der Waals surface area (Å²) in [6.07, 6.45) is 4.16. The molecule has 1 aliphatic carbocycles. The lowest BCUT2D eigenvalue weighted by Crippen LogP contribution is -2.40. The standard InChI is InChI=1S/C13H19N3O2/c1-8-9(2)15-11(7-14-8)16-10-5-4-6-13(10,3)12(17)18/h7,10H,4-6H2,1-3H3,(H,15,16)(H,17,18). The van der Waals surface area contributed by atoms with Crippen molar-refractivity contribution in [2.24, 2.45) is 5.41 Å². The molecule has 1 aliphatic rings. The number of rotatable bonds is 3. The second-order valence-corrected chi connectivity index (χ2v) is 5.24. The molecule has 2 unspecified atom stereocenters. The van der Waals surface area contributed by atoms with Gasteiger partial charge in [-0.2, -0.15) is 0 Å². The molecule has 1 aromatic heterocycles. The van der Waals surface area contributed by atoms with E-state index in [0.717, 1.165) is 24.2 Å². The van der Waals surface area contributed by atoms with Crippen LogP contribution in [0.5, 0.6) is 0 Å². The van der Waals surface area contributed by atoms with Crippen molar-refractivity contribution in [3.05, 3.63) is 17.6 Å². The Morgan fingerprint density at radius 1 is 1.50 bits per heavy atom. The van der Waals surface area contributed by atoms with Gasteiger partial charge in [-0.05, 0) is 33.6 Å². The minimum atomic E-state index is -0.741. The average Bonchev–Trinajstić information content (AvgIpc) is 2.67. The largest absolute Gasteiger partial charge is 0.481 e. The number of aliphatic carboxylic acids is 1. The van der Waals surface area contributed by atoms with E-state index in [1.807, 2.05) is 13.8 Å².